The third-order valence-corrected chi connectivity index (χ3v) is 5.58. The lowest BCUT2D eigenvalue weighted by Gasteiger charge is -2.09. The molecule has 0 fully saturated rings. The van der Waals surface area contributed by atoms with Crippen molar-refractivity contribution in [3.8, 4) is 0 Å². The predicted octanol–water partition coefficient (Wildman–Crippen LogP) is 3.67. The Kier molecular flexibility index (Phi) is 36.9. The molecule has 0 saturated heterocycles. The molecule has 41 heavy (non-hydrogen) atoms. The molecule has 0 aliphatic carbocycles. The van der Waals surface area contributed by atoms with E-state index in [1.165, 1.54) is 25.7 Å². The van der Waals surface area contributed by atoms with Crippen molar-refractivity contribution >= 4 is 17.6 Å². The molecular weight excluding hydrogens is 560 g/mol. The van der Waals surface area contributed by atoms with Gasteiger partial charge in [-0.1, -0.05) is 39.0 Å². The quantitative estimate of drug-likeness (QED) is 0.0584. The van der Waals surface area contributed by atoms with Crippen LogP contribution in [-0.4, -0.2) is 137 Å². The number of hydrogen-bond donors (Lipinski definition) is 0. The smallest absolute Gasteiger partial charge is 0.305 e. The molecule has 246 valence electrons. The summed E-state index contributed by atoms with van der Waals surface area (Å²) in [5.74, 6) is 0.355. The maximum atomic E-state index is 11.6. The van der Waals surface area contributed by atoms with Gasteiger partial charge in [-0.25, -0.2) is 0 Å². The predicted molar refractivity (Wildman–Crippen MR) is 157 cm³/mol. The molecule has 0 rings (SSSR count). The molecule has 0 aromatic heterocycles. The van der Waals surface area contributed by atoms with E-state index in [0.717, 1.165) is 12.8 Å². The van der Waals surface area contributed by atoms with Gasteiger partial charge >= 0.3 is 5.97 Å². The van der Waals surface area contributed by atoms with Gasteiger partial charge in [-0.3, -0.25) is 4.79 Å². The first kappa shape index (κ1) is 40.4. The zero-order valence-corrected chi connectivity index (χ0v) is 26.2. The minimum Gasteiger partial charge on any atom is -0.463 e. The van der Waals surface area contributed by atoms with Gasteiger partial charge in [-0.15, -0.1) is 11.6 Å². The molecule has 0 aliphatic heterocycles. The van der Waals surface area contributed by atoms with Crippen LogP contribution < -0.4 is 0 Å². The van der Waals surface area contributed by atoms with Gasteiger partial charge in [0, 0.05) is 12.3 Å². The van der Waals surface area contributed by atoms with Gasteiger partial charge in [0.05, 0.1) is 119 Å². The summed E-state index contributed by atoms with van der Waals surface area (Å²) in [6, 6.07) is 0. The Hall–Kier alpha value is -0.600. The molecule has 0 atom stereocenters. The molecule has 12 heteroatoms. The highest BCUT2D eigenvalue weighted by atomic mass is 35.5. The largest absolute Gasteiger partial charge is 0.463 e. The maximum absolute atomic E-state index is 11.6. The molecule has 0 aromatic rings. The first-order valence-electron chi connectivity index (χ1n) is 15.2. The van der Waals surface area contributed by atoms with Gasteiger partial charge in [0.25, 0.3) is 0 Å². The molecule has 0 aromatic carbocycles. The van der Waals surface area contributed by atoms with Crippen LogP contribution in [0, 0.1) is 0 Å². The minimum absolute atomic E-state index is 0.142. The number of halogens is 1. The van der Waals surface area contributed by atoms with Gasteiger partial charge in [0.2, 0.25) is 0 Å². The van der Waals surface area contributed by atoms with Crippen LogP contribution in [0.4, 0.5) is 0 Å². The van der Waals surface area contributed by atoms with Crippen molar-refractivity contribution in [3.63, 3.8) is 0 Å². The zero-order chi connectivity index (χ0) is 29.7. The lowest BCUT2D eigenvalue weighted by atomic mass is 10.1. The second-order valence-electron chi connectivity index (χ2n) is 8.94. The molecule has 0 bridgehead atoms. The summed E-state index contributed by atoms with van der Waals surface area (Å²) in [5.41, 5.74) is 0. The van der Waals surface area contributed by atoms with Crippen LogP contribution in [0.3, 0.4) is 0 Å². The van der Waals surface area contributed by atoms with E-state index in [-0.39, 0.29) is 12.6 Å². The molecule has 0 saturated carbocycles. The van der Waals surface area contributed by atoms with E-state index in [4.69, 9.17) is 59.0 Å². The Morgan fingerprint density at radius 2 is 0.707 bits per heavy atom. The Morgan fingerprint density at radius 1 is 0.415 bits per heavy atom. The Bertz CT molecular complexity index is 503. The summed E-state index contributed by atoms with van der Waals surface area (Å²) in [6.07, 6.45) is 7.44. The maximum Gasteiger partial charge on any atom is 0.305 e. The molecule has 0 amide bonds. The van der Waals surface area contributed by atoms with Crippen molar-refractivity contribution in [2.75, 3.05) is 131 Å². The number of alkyl halides is 1. The number of esters is 1. The third kappa shape index (κ3) is 37.4. The number of ether oxygens (including phenoxy) is 10. The summed E-state index contributed by atoms with van der Waals surface area (Å²) in [6.45, 7) is 11.5. The van der Waals surface area contributed by atoms with Crippen LogP contribution in [-0.2, 0) is 52.2 Å². The first-order valence-corrected chi connectivity index (χ1v) is 15.8. The van der Waals surface area contributed by atoms with Crippen molar-refractivity contribution in [1.29, 1.82) is 0 Å². The Balaban J connectivity index is 3.09. The molecule has 0 heterocycles. The van der Waals surface area contributed by atoms with Crippen LogP contribution in [0.5, 0.6) is 0 Å². The lowest BCUT2D eigenvalue weighted by molar-refractivity contribution is -0.145. The highest BCUT2D eigenvalue weighted by molar-refractivity contribution is 6.17. The van der Waals surface area contributed by atoms with E-state index in [1.807, 2.05) is 0 Å². The normalized spacial score (nSPS) is 11.4. The highest BCUT2D eigenvalue weighted by Crippen LogP contribution is 2.07. The summed E-state index contributed by atoms with van der Waals surface area (Å²) in [4.78, 5) is 11.6. The summed E-state index contributed by atoms with van der Waals surface area (Å²) >= 11 is 5.50. The standard InChI is InChI=1S/C29H57ClO11/c1-2-3-4-5-6-7-8-29(31)41-28-27-40-26-25-39-24-23-38-22-21-37-20-19-36-18-17-35-16-15-34-14-13-33-12-11-32-10-9-30/h2-28H2,1H3. The second kappa shape index (κ2) is 37.4. The van der Waals surface area contributed by atoms with E-state index in [1.54, 1.807) is 0 Å². The fraction of sp³-hybridized carbons (Fsp3) is 0.966. The van der Waals surface area contributed by atoms with Gasteiger partial charge in [0.15, 0.2) is 0 Å². The van der Waals surface area contributed by atoms with Crippen molar-refractivity contribution in [3.05, 3.63) is 0 Å². The van der Waals surface area contributed by atoms with Crippen LogP contribution in [0.2, 0.25) is 0 Å². The topological polar surface area (TPSA) is 109 Å². The first-order chi connectivity index (χ1) is 20.3. The molecule has 11 nitrogen and oxygen atoms in total. The lowest BCUT2D eigenvalue weighted by Crippen LogP contribution is -2.15. The molecule has 0 spiro atoms. The summed E-state index contributed by atoms with van der Waals surface area (Å²) in [7, 11) is 0. The number of rotatable bonds is 36. The van der Waals surface area contributed by atoms with Crippen LogP contribution in [0.15, 0.2) is 0 Å². The third-order valence-electron chi connectivity index (χ3n) is 5.42. The van der Waals surface area contributed by atoms with Crippen molar-refractivity contribution in [2.45, 2.75) is 51.9 Å². The van der Waals surface area contributed by atoms with E-state index in [9.17, 15) is 4.79 Å². The van der Waals surface area contributed by atoms with Crippen LogP contribution >= 0.6 is 11.6 Å². The Labute approximate surface area is 253 Å². The second-order valence-corrected chi connectivity index (χ2v) is 9.32. The molecule has 0 radical (unpaired) electrons. The van der Waals surface area contributed by atoms with Crippen molar-refractivity contribution in [2.24, 2.45) is 0 Å². The van der Waals surface area contributed by atoms with E-state index < -0.39 is 0 Å². The van der Waals surface area contributed by atoms with Gasteiger partial charge < -0.3 is 47.4 Å². The van der Waals surface area contributed by atoms with Gasteiger partial charge in [-0.05, 0) is 6.42 Å². The number of unbranched alkanes of at least 4 members (excludes halogenated alkanes) is 5. The van der Waals surface area contributed by atoms with Crippen LogP contribution in [0.25, 0.3) is 0 Å². The monoisotopic (exact) mass is 616 g/mol. The Morgan fingerprint density at radius 3 is 1.05 bits per heavy atom. The van der Waals surface area contributed by atoms with Crippen molar-refractivity contribution in [1.82, 2.24) is 0 Å². The molecule has 0 aliphatic rings. The number of carbonyl (C=O) groups is 1. The fourth-order valence-electron chi connectivity index (χ4n) is 3.25. The summed E-state index contributed by atoms with van der Waals surface area (Å²) < 4.78 is 53.8. The average Bonchev–Trinajstić information content (AvgIpc) is 2.98. The van der Waals surface area contributed by atoms with E-state index >= 15 is 0 Å². The summed E-state index contributed by atoms with van der Waals surface area (Å²) in [5, 5.41) is 0. The highest BCUT2D eigenvalue weighted by Gasteiger charge is 2.02. The average molecular weight is 617 g/mol. The van der Waals surface area contributed by atoms with E-state index in [2.05, 4.69) is 6.92 Å². The van der Waals surface area contributed by atoms with Crippen LogP contribution in [0.1, 0.15) is 51.9 Å². The molecular formula is C29H57ClO11. The minimum atomic E-state index is -0.142. The van der Waals surface area contributed by atoms with E-state index in [0.29, 0.717) is 131 Å². The number of hydrogen-bond acceptors (Lipinski definition) is 11. The van der Waals surface area contributed by atoms with Gasteiger partial charge in [0.1, 0.15) is 6.61 Å². The fourth-order valence-corrected chi connectivity index (χ4v) is 3.36. The molecule has 0 unspecified atom stereocenters. The number of carbonyl (C=O) groups excluding carboxylic acids is 1. The SMILES string of the molecule is CCCCCCCCC(=O)OCCOCCOCCOCCOCCOCCOCCOCCOCCOCCCl. The molecule has 0 N–H and O–H groups in total. The van der Waals surface area contributed by atoms with Crippen molar-refractivity contribution < 1.29 is 52.2 Å². The van der Waals surface area contributed by atoms with Gasteiger partial charge in [-0.2, -0.15) is 0 Å². The zero-order valence-electron chi connectivity index (χ0n) is 25.5.